The van der Waals surface area contributed by atoms with Crippen LogP contribution in [0.1, 0.15) is 33.3 Å². The molecule has 0 aliphatic carbocycles. The van der Waals surface area contributed by atoms with Gasteiger partial charge < -0.3 is 19.2 Å². The van der Waals surface area contributed by atoms with Gasteiger partial charge in [-0.05, 0) is 47.9 Å². The summed E-state index contributed by atoms with van der Waals surface area (Å²) in [5.74, 6) is -0.101. The highest BCUT2D eigenvalue weighted by atomic mass is 35.5. The van der Waals surface area contributed by atoms with Crippen LogP contribution in [0, 0.1) is 0 Å². The molecule has 0 fully saturated rings. The second-order valence-electron chi connectivity index (χ2n) is 7.88. The molecule has 1 aliphatic rings. The van der Waals surface area contributed by atoms with Crippen molar-refractivity contribution >= 4 is 28.5 Å². The van der Waals surface area contributed by atoms with Gasteiger partial charge in [0.15, 0.2) is 16.9 Å². The maximum Gasteiger partial charge on any atom is 0.290 e. The van der Waals surface area contributed by atoms with E-state index in [-0.39, 0.29) is 34.2 Å². The summed E-state index contributed by atoms with van der Waals surface area (Å²) in [6.45, 7) is 0.372. The molecule has 0 radical (unpaired) electrons. The molecule has 7 heteroatoms. The number of rotatable bonds is 5. The van der Waals surface area contributed by atoms with Crippen LogP contribution >= 0.6 is 11.6 Å². The number of carbonyl (C=O) groups excluding carboxylic acids is 1. The van der Waals surface area contributed by atoms with Crippen molar-refractivity contribution < 1.29 is 19.1 Å². The number of amides is 1. The quantitative estimate of drug-likeness (QED) is 0.455. The summed E-state index contributed by atoms with van der Waals surface area (Å²) in [5, 5.41) is 10.8. The number of hydrogen-bond donors (Lipinski definition) is 1. The Bertz CT molecular complexity index is 1430. The Balaban J connectivity index is 1.68. The predicted molar refractivity (Wildman–Crippen MR) is 125 cm³/mol. The molecule has 0 saturated carbocycles. The minimum absolute atomic E-state index is 0.0277. The van der Waals surface area contributed by atoms with Gasteiger partial charge in [0.2, 0.25) is 5.76 Å². The highest BCUT2D eigenvalue weighted by molar-refractivity contribution is 6.31. The Morgan fingerprint density at radius 2 is 1.85 bits per heavy atom. The minimum atomic E-state index is -0.689. The molecule has 1 N–H and O–H groups in total. The molecule has 0 spiro atoms. The maximum absolute atomic E-state index is 13.6. The zero-order valence-corrected chi connectivity index (χ0v) is 18.5. The number of aromatic hydroxyl groups is 1. The topological polar surface area (TPSA) is 80.0 Å². The van der Waals surface area contributed by atoms with Gasteiger partial charge in [0, 0.05) is 11.6 Å². The molecule has 3 aromatic carbocycles. The van der Waals surface area contributed by atoms with Crippen LogP contribution in [0.5, 0.6) is 11.5 Å². The van der Waals surface area contributed by atoms with Gasteiger partial charge in [-0.25, -0.2) is 0 Å². The van der Waals surface area contributed by atoms with Crippen molar-refractivity contribution in [3.63, 3.8) is 0 Å². The van der Waals surface area contributed by atoms with Crippen molar-refractivity contribution in [2.75, 3.05) is 13.7 Å². The number of nitrogens with zero attached hydrogens (tertiary/aromatic N) is 1. The normalized spacial score (nSPS) is 15.2. The summed E-state index contributed by atoms with van der Waals surface area (Å²) in [5.41, 5.74) is 1.97. The first kappa shape index (κ1) is 21.1. The van der Waals surface area contributed by atoms with Crippen molar-refractivity contribution in [2.45, 2.75) is 12.5 Å². The van der Waals surface area contributed by atoms with Crippen LogP contribution in [-0.4, -0.2) is 29.6 Å². The van der Waals surface area contributed by atoms with Crippen LogP contribution in [0.15, 0.2) is 75.9 Å². The van der Waals surface area contributed by atoms with Crippen LogP contribution in [0.2, 0.25) is 5.02 Å². The fourth-order valence-electron chi connectivity index (χ4n) is 4.33. The molecule has 0 bridgehead atoms. The molecule has 0 unspecified atom stereocenters. The number of carbonyl (C=O) groups is 1. The Kier molecular flexibility index (Phi) is 5.30. The summed E-state index contributed by atoms with van der Waals surface area (Å²) in [6, 6.07) is 18.7. The molecule has 4 aromatic rings. The van der Waals surface area contributed by atoms with E-state index in [9.17, 15) is 14.7 Å². The second-order valence-corrected chi connectivity index (χ2v) is 8.32. The van der Waals surface area contributed by atoms with Gasteiger partial charge in [0.05, 0.1) is 24.1 Å². The number of hydrogen-bond acceptors (Lipinski definition) is 5. The SMILES string of the molecule is COc1cc([C@H]2c3c(oc4ccc(Cl)cc4c3=O)C(=O)N2CCc2ccccc2)ccc1O. The molecule has 5 rings (SSSR count). The first-order valence-electron chi connectivity index (χ1n) is 10.5. The first-order valence-corrected chi connectivity index (χ1v) is 10.8. The maximum atomic E-state index is 13.6. The van der Waals surface area contributed by atoms with Crippen LogP contribution in [0.25, 0.3) is 11.0 Å². The monoisotopic (exact) mass is 461 g/mol. The lowest BCUT2D eigenvalue weighted by Gasteiger charge is -2.25. The Morgan fingerprint density at radius 3 is 2.61 bits per heavy atom. The van der Waals surface area contributed by atoms with E-state index in [1.165, 1.54) is 13.2 Å². The average molecular weight is 462 g/mol. The van der Waals surface area contributed by atoms with Crippen molar-refractivity contribution in [2.24, 2.45) is 0 Å². The largest absolute Gasteiger partial charge is 0.504 e. The van der Waals surface area contributed by atoms with Gasteiger partial charge in [0.1, 0.15) is 5.58 Å². The second kappa shape index (κ2) is 8.30. The van der Waals surface area contributed by atoms with Crippen LogP contribution < -0.4 is 10.2 Å². The molecule has 33 heavy (non-hydrogen) atoms. The summed E-state index contributed by atoms with van der Waals surface area (Å²) in [7, 11) is 1.45. The van der Waals surface area contributed by atoms with E-state index in [0.717, 1.165) is 5.56 Å². The number of fused-ring (bicyclic) bond motifs is 2. The number of halogens is 1. The number of methoxy groups -OCH3 is 1. The standard InChI is InChI=1S/C26H20ClNO5/c1-32-21-13-16(7-9-19(21)29)23-22-24(30)18-14-17(27)8-10-20(18)33-25(22)26(31)28(23)12-11-15-5-3-2-4-6-15/h2-10,13-14,23,29H,11-12H2,1H3/t23-/m0/s1. The lowest BCUT2D eigenvalue weighted by molar-refractivity contribution is 0.0730. The average Bonchev–Trinajstić information content (AvgIpc) is 3.11. The summed E-state index contributed by atoms with van der Waals surface area (Å²) < 4.78 is 11.2. The minimum Gasteiger partial charge on any atom is -0.504 e. The third-order valence-corrected chi connectivity index (χ3v) is 6.17. The molecule has 1 amide bonds. The van der Waals surface area contributed by atoms with E-state index >= 15 is 0 Å². The van der Waals surface area contributed by atoms with E-state index in [1.54, 1.807) is 35.2 Å². The van der Waals surface area contributed by atoms with Crippen molar-refractivity contribution in [3.8, 4) is 11.5 Å². The number of phenolic OH excluding ortho intramolecular Hbond substituents is 1. The smallest absolute Gasteiger partial charge is 0.290 e. The van der Waals surface area contributed by atoms with Crippen molar-refractivity contribution in [3.05, 3.63) is 104 Å². The molecule has 1 aliphatic heterocycles. The van der Waals surface area contributed by atoms with E-state index in [4.69, 9.17) is 20.8 Å². The van der Waals surface area contributed by atoms with E-state index in [2.05, 4.69) is 0 Å². The number of phenols is 1. The van der Waals surface area contributed by atoms with Crippen LogP contribution in [0.4, 0.5) is 0 Å². The van der Waals surface area contributed by atoms with Gasteiger partial charge >= 0.3 is 0 Å². The fraction of sp³-hybridized carbons (Fsp3) is 0.154. The van der Waals surface area contributed by atoms with Crippen LogP contribution in [0.3, 0.4) is 0 Å². The van der Waals surface area contributed by atoms with E-state index in [1.807, 2.05) is 30.3 Å². The lowest BCUT2D eigenvalue weighted by Crippen LogP contribution is -2.31. The Labute approximate surface area is 194 Å². The van der Waals surface area contributed by atoms with Gasteiger partial charge in [0.25, 0.3) is 5.91 Å². The molecule has 1 aromatic heterocycles. The highest BCUT2D eigenvalue weighted by Gasteiger charge is 2.42. The zero-order chi connectivity index (χ0) is 23.1. The molecule has 0 saturated heterocycles. The van der Waals surface area contributed by atoms with Crippen LogP contribution in [-0.2, 0) is 6.42 Å². The molecule has 6 nitrogen and oxygen atoms in total. The summed E-state index contributed by atoms with van der Waals surface area (Å²) in [4.78, 5) is 28.7. The van der Waals surface area contributed by atoms with Crippen molar-refractivity contribution in [1.29, 1.82) is 0 Å². The Morgan fingerprint density at radius 1 is 1.06 bits per heavy atom. The van der Waals surface area contributed by atoms with Gasteiger partial charge in [-0.15, -0.1) is 0 Å². The molecule has 166 valence electrons. The number of ether oxygens (including phenoxy) is 1. The van der Waals surface area contributed by atoms with Crippen molar-refractivity contribution in [1.82, 2.24) is 4.90 Å². The van der Waals surface area contributed by atoms with Gasteiger partial charge in [-0.1, -0.05) is 48.0 Å². The fourth-order valence-corrected chi connectivity index (χ4v) is 4.50. The lowest BCUT2D eigenvalue weighted by atomic mass is 9.98. The zero-order valence-electron chi connectivity index (χ0n) is 17.7. The molecule has 2 heterocycles. The highest BCUT2D eigenvalue weighted by Crippen LogP contribution is 2.40. The van der Waals surface area contributed by atoms with E-state index < -0.39 is 6.04 Å². The molecular weight excluding hydrogens is 442 g/mol. The number of benzene rings is 3. The van der Waals surface area contributed by atoms with E-state index in [0.29, 0.717) is 34.5 Å². The van der Waals surface area contributed by atoms with Gasteiger partial charge in [-0.2, -0.15) is 0 Å². The third-order valence-electron chi connectivity index (χ3n) is 5.93. The first-order chi connectivity index (χ1) is 16.0. The summed E-state index contributed by atoms with van der Waals surface area (Å²) in [6.07, 6.45) is 0.603. The Hall–Kier alpha value is -3.77. The summed E-state index contributed by atoms with van der Waals surface area (Å²) >= 11 is 6.12. The third kappa shape index (κ3) is 3.62. The molecular formula is C26H20ClNO5. The predicted octanol–water partition coefficient (Wildman–Crippen LogP) is 4.95. The molecule has 1 atom stereocenters. The van der Waals surface area contributed by atoms with Gasteiger partial charge in [-0.3, -0.25) is 9.59 Å².